The van der Waals surface area contributed by atoms with Crippen molar-refractivity contribution in [3.05, 3.63) is 29.3 Å². The Morgan fingerprint density at radius 3 is 2.79 bits per heavy atom. The van der Waals surface area contributed by atoms with Crippen molar-refractivity contribution in [1.82, 2.24) is 19.7 Å². The quantitative estimate of drug-likeness (QED) is 0.914. The van der Waals surface area contributed by atoms with Gasteiger partial charge in [0, 0.05) is 31.1 Å². The van der Waals surface area contributed by atoms with Gasteiger partial charge in [0.05, 0.1) is 5.69 Å². The molecule has 2 aromatic heterocycles. The zero-order valence-corrected chi connectivity index (χ0v) is 11.6. The molecule has 1 aliphatic carbocycles. The molecular weight excluding hydrogens is 238 g/mol. The Morgan fingerprint density at radius 2 is 2.16 bits per heavy atom. The summed E-state index contributed by atoms with van der Waals surface area (Å²) in [5.74, 6) is 3.26. The Balaban J connectivity index is 2.06. The van der Waals surface area contributed by atoms with E-state index in [0.717, 1.165) is 29.4 Å². The first-order valence-electron chi connectivity index (χ1n) is 6.84. The second-order valence-electron chi connectivity index (χ2n) is 5.00. The van der Waals surface area contributed by atoms with Crippen LogP contribution in [0.5, 0.6) is 0 Å². The van der Waals surface area contributed by atoms with Crippen LogP contribution in [0.1, 0.15) is 42.8 Å². The summed E-state index contributed by atoms with van der Waals surface area (Å²) in [6.07, 6.45) is 5.35. The highest BCUT2D eigenvalue weighted by molar-refractivity contribution is 5.51. The van der Waals surface area contributed by atoms with Crippen LogP contribution in [0.4, 0.5) is 5.82 Å². The van der Waals surface area contributed by atoms with E-state index in [1.165, 1.54) is 18.5 Å². The van der Waals surface area contributed by atoms with Crippen LogP contribution in [0.2, 0.25) is 0 Å². The molecule has 2 heterocycles. The number of nitrogens with one attached hydrogen (secondary N) is 1. The number of rotatable bonds is 4. The van der Waals surface area contributed by atoms with E-state index in [1.54, 1.807) is 0 Å². The molecule has 5 nitrogen and oxygen atoms in total. The molecule has 19 heavy (non-hydrogen) atoms. The van der Waals surface area contributed by atoms with Crippen LogP contribution in [0, 0.1) is 6.92 Å². The van der Waals surface area contributed by atoms with Crippen molar-refractivity contribution in [2.45, 2.75) is 39.0 Å². The maximum absolute atomic E-state index is 4.65. The molecule has 0 saturated heterocycles. The molecule has 0 unspecified atom stereocenters. The maximum Gasteiger partial charge on any atom is 0.162 e. The van der Waals surface area contributed by atoms with Gasteiger partial charge in [0.25, 0.3) is 0 Å². The largest absolute Gasteiger partial charge is 0.373 e. The van der Waals surface area contributed by atoms with Crippen molar-refractivity contribution in [3.8, 4) is 5.82 Å². The third-order valence-corrected chi connectivity index (χ3v) is 3.54. The van der Waals surface area contributed by atoms with Crippen molar-refractivity contribution in [2.24, 2.45) is 0 Å². The molecule has 2 aromatic rings. The predicted octanol–water partition coefficient (Wildman–Crippen LogP) is 2.45. The summed E-state index contributed by atoms with van der Waals surface area (Å²) in [4.78, 5) is 9.10. The topological polar surface area (TPSA) is 55.6 Å². The summed E-state index contributed by atoms with van der Waals surface area (Å²) < 4.78 is 1.88. The minimum absolute atomic E-state index is 0.665. The highest BCUT2D eigenvalue weighted by Gasteiger charge is 2.26. The molecule has 0 bridgehead atoms. The number of anilines is 1. The lowest BCUT2D eigenvalue weighted by Gasteiger charge is -2.11. The normalized spacial score (nSPS) is 14.7. The second kappa shape index (κ2) is 4.64. The fourth-order valence-electron chi connectivity index (χ4n) is 2.23. The molecular formula is C14H19N5. The molecule has 0 radical (unpaired) electrons. The first-order valence-corrected chi connectivity index (χ1v) is 6.84. The monoisotopic (exact) mass is 257 g/mol. The fraction of sp³-hybridized carbons (Fsp3) is 0.500. The Kier molecular flexibility index (Phi) is 2.97. The minimum atomic E-state index is 0.665. The molecule has 0 atom stereocenters. The van der Waals surface area contributed by atoms with Crippen molar-refractivity contribution in [2.75, 3.05) is 12.4 Å². The summed E-state index contributed by atoms with van der Waals surface area (Å²) in [7, 11) is 1.89. The average Bonchev–Trinajstić information content (AvgIpc) is 3.17. The zero-order valence-electron chi connectivity index (χ0n) is 11.6. The predicted molar refractivity (Wildman–Crippen MR) is 74.8 cm³/mol. The molecule has 0 amide bonds. The molecule has 1 fully saturated rings. The Labute approximate surface area is 113 Å². The van der Waals surface area contributed by atoms with Crippen molar-refractivity contribution in [1.29, 1.82) is 0 Å². The van der Waals surface area contributed by atoms with Gasteiger partial charge < -0.3 is 5.32 Å². The Hall–Kier alpha value is -1.91. The van der Waals surface area contributed by atoms with E-state index >= 15 is 0 Å². The summed E-state index contributed by atoms with van der Waals surface area (Å²) >= 11 is 0. The minimum Gasteiger partial charge on any atom is -0.373 e. The van der Waals surface area contributed by atoms with Crippen LogP contribution < -0.4 is 5.32 Å². The van der Waals surface area contributed by atoms with Crippen LogP contribution in [-0.4, -0.2) is 26.8 Å². The average molecular weight is 257 g/mol. The number of hydrogen-bond acceptors (Lipinski definition) is 4. The van der Waals surface area contributed by atoms with Crippen LogP contribution in [-0.2, 0) is 6.42 Å². The molecule has 0 aromatic carbocycles. The highest BCUT2D eigenvalue weighted by Crippen LogP contribution is 2.39. The Bertz CT molecular complexity index is 598. The summed E-state index contributed by atoms with van der Waals surface area (Å²) in [6, 6.07) is 2.10. The van der Waals surface area contributed by atoms with E-state index in [9.17, 15) is 0 Å². The first kappa shape index (κ1) is 12.1. The van der Waals surface area contributed by atoms with Gasteiger partial charge in [-0.2, -0.15) is 5.10 Å². The summed E-state index contributed by atoms with van der Waals surface area (Å²) in [6.45, 7) is 4.09. The van der Waals surface area contributed by atoms with Crippen molar-refractivity contribution >= 4 is 5.82 Å². The summed E-state index contributed by atoms with van der Waals surface area (Å²) in [5, 5.41) is 7.78. The van der Waals surface area contributed by atoms with Crippen LogP contribution in [0.25, 0.3) is 5.82 Å². The molecule has 1 saturated carbocycles. The number of aryl methyl sites for hydroxylation is 1. The van der Waals surface area contributed by atoms with E-state index in [0.29, 0.717) is 5.92 Å². The van der Waals surface area contributed by atoms with Gasteiger partial charge in [-0.3, -0.25) is 0 Å². The SMILES string of the molecule is CCc1nc(NC)c(C)c(-n2ccc(C3CC3)n2)n1. The smallest absolute Gasteiger partial charge is 0.162 e. The van der Waals surface area contributed by atoms with Gasteiger partial charge in [-0.05, 0) is 25.8 Å². The standard InChI is InChI=1S/C14H19N5/c1-4-12-16-13(15-3)9(2)14(17-12)19-8-7-11(18-19)10-5-6-10/h7-8,10H,4-6H2,1-3H3,(H,15,16,17). The van der Waals surface area contributed by atoms with Crippen LogP contribution >= 0.6 is 0 Å². The maximum atomic E-state index is 4.65. The van der Waals surface area contributed by atoms with Crippen molar-refractivity contribution in [3.63, 3.8) is 0 Å². The lowest BCUT2D eigenvalue weighted by molar-refractivity contribution is 0.783. The van der Waals surface area contributed by atoms with E-state index in [1.807, 2.05) is 24.9 Å². The number of hydrogen-bond donors (Lipinski definition) is 1. The van der Waals surface area contributed by atoms with Crippen LogP contribution in [0.3, 0.4) is 0 Å². The van der Waals surface area contributed by atoms with E-state index in [-0.39, 0.29) is 0 Å². The van der Waals surface area contributed by atoms with Crippen molar-refractivity contribution < 1.29 is 0 Å². The number of aromatic nitrogens is 4. The fourth-order valence-corrected chi connectivity index (χ4v) is 2.23. The van der Waals surface area contributed by atoms with Gasteiger partial charge in [-0.15, -0.1) is 0 Å². The van der Waals surface area contributed by atoms with E-state index < -0.39 is 0 Å². The van der Waals surface area contributed by atoms with Gasteiger partial charge in [0.15, 0.2) is 5.82 Å². The zero-order chi connectivity index (χ0) is 13.4. The lowest BCUT2D eigenvalue weighted by Crippen LogP contribution is -2.09. The van der Waals surface area contributed by atoms with Gasteiger partial charge in [-0.25, -0.2) is 14.6 Å². The number of nitrogens with zero attached hydrogens (tertiary/aromatic N) is 4. The van der Waals surface area contributed by atoms with Crippen LogP contribution in [0.15, 0.2) is 12.3 Å². The van der Waals surface area contributed by atoms with Gasteiger partial charge >= 0.3 is 0 Å². The third-order valence-electron chi connectivity index (χ3n) is 3.54. The summed E-state index contributed by atoms with van der Waals surface area (Å²) in [5.41, 5.74) is 2.22. The molecule has 1 aliphatic rings. The van der Waals surface area contributed by atoms with Gasteiger partial charge in [0.1, 0.15) is 11.6 Å². The molecule has 100 valence electrons. The molecule has 5 heteroatoms. The molecule has 1 N–H and O–H groups in total. The molecule has 3 rings (SSSR count). The third kappa shape index (κ3) is 2.20. The second-order valence-corrected chi connectivity index (χ2v) is 5.00. The lowest BCUT2D eigenvalue weighted by atomic mass is 10.3. The first-order chi connectivity index (χ1) is 9.22. The Morgan fingerprint density at radius 1 is 1.37 bits per heavy atom. The molecule has 0 aliphatic heterocycles. The van der Waals surface area contributed by atoms with Gasteiger partial charge in [0.2, 0.25) is 0 Å². The molecule has 0 spiro atoms. The van der Waals surface area contributed by atoms with E-state index in [4.69, 9.17) is 0 Å². The van der Waals surface area contributed by atoms with E-state index in [2.05, 4.69) is 33.4 Å². The van der Waals surface area contributed by atoms with Gasteiger partial charge in [-0.1, -0.05) is 6.92 Å². The highest BCUT2D eigenvalue weighted by atomic mass is 15.3.